The number of aliphatic hydroxyl groups is 1. The number of amides is 3. The Kier molecular flexibility index (Phi) is 9.75. The fraction of sp³-hybridized carbons (Fsp3) is 0.774. The number of unbranched alkanes of at least 4 members (excludes halogenated alkanes) is 3. The number of rotatable bonds is 14. The third kappa shape index (κ3) is 5.43. The average molecular weight is 546 g/mol. The maximum Gasteiger partial charge on any atom is 0.249 e. The van der Waals surface area contributed by atoms with Crippen LogP contribution >= 0.6 is 0 Å². The molecule has 39 heavy (non-hydrogen) atoms. The highest BCUT2D eigenvalue weighted by molar-refractivity contribution is 5.99. The molecule has 0 aromatic heterocycles. The van der Waals surface area contributed by atoms with Gasteiger partial charge in [0.15, 0.2) is 0 Å². The van der Waals surface area contributed by atoms with Crippen molar-refractivity contribution in [3.8, 4) is 0 Å². The Labute approximate surface area is 235 Å². The molecule has 3 fully saturated rings. The number of carbonyl (C=O) groups excluding carboxylic acids is 3. The first-order valence-electron chi connectivity index (χ1n) is 14.8. The normalized spacial score (nSPS) is 31.4. The van der Waals surface area contributed by atoms with Crippen molar-refractivity contribution >= 4 is 17.7 Å². The van der Waals surface area contributed by atoms with Gasteiger partial charge in [-0.1, -0.05) is 38.8 Å². The van der Waals surface area contributed by atoms with Crippen LogP contribution in [0.3, 0.4) is 0 Å². The number of hydrogen-bond acceptors (Lipinski definition) is 5. The Morgan fingerprint density at radius 1 is 1.13 bits per heavy atom. The van der Waals surface area contributed by atoms with E-state index in [2.05, 4.69) is 20.1 Å². The van der Waals surface area contributed by atoms with E-state index in [1.807, 2.05) is 34.6 Å². The minimum absolute atomic E-state index is 0.00463. The van der Waals surface area contributed by atoms with Crippen molar-refractivity contribution in [2.75, 3.05) is 32.8 Å². The molecule has 3 heterocycles. The summed E-state index contributed by atoms with van der Waals surface area (Å²) in [5.74, 6) is -1.72. The van der Waals surface area contributed by atoms with E-state index in [1.54, 1.807) is 26.9 Å². The summed E-state index contributed by atoms with van der Waals surface area (Å²) in [4.78, 5) is 48.3. The van der Waals surface area contributed by atoms with E-state index < -0.39 is 34.6 Å². The number of hydrogen-bond donors (Lipinski definition) is 1. The Morgan fingerprint density at radius 3 is 2.33 bits per heavy atom. The van der Waals surface area contributed by atoms with E-state index in [0.717, 1.165) is 25.7 Å². The average Bonchev–Trinajstić information content (AvgIpc) is 3.37. The van der Waals surface area contributed by atoms with Gasteiger partial charge in [-0.25, -0.2) is 0 Å². The van der Waals surface area contributed by atoms with Crippen LogP contribution in [0.1, 0.15) is 80.1 Å². The Morgan fingerprint density at radius 2 is 1.77 bits per heavy atom. The first-order chi connectivity index (χ1) is 18.3. The van der Waals surface area contributed by atoms with Crippen molar-refractivity contribution in [2.45, 2.75) is 103 Å². The number of aliphatic hydroxyl groups excluding tert-OH is 1. The van der Waals surface area contributed by atoms with Crippen molar-refractivity contribution in [3.63, 3.8) is 0 Å². The lowest BCUT2D eigenvalue weighted by molar-refractivity contribution is -0.157. The number of fused-ring (bicyclic) bond motifs is 1. The highest BCUT2D eigenvalue weighted by Gasteiger charge is 2.80. The molecule has 0 aliphatic carbocycles. The van der Waals surface area contributed by atoms with Crippen LogP contribution in [0, 0.1) is 17.8 Å². The van der Waals surface area contributed by atoms with E-state index in [-0.39, 0.29) is 30.2 Å². The van der Waals surface area contributed by atoms with Gasteiger partial charge in [-0.15, -0.1) is 13.2 Å². The van der Waals surface area contributed by atoms with Crippen molar-refractivity contribution in [3.05, 3.63) is 25.3 Å². The van der Waals surface area contributed by atoms with Gasteiger partial charge in [0.05, 0.1) is 17.4 Å². The summed E-state index contributed by atoms with van der Waals surface area (Å²) in [5, 5.41) is 9.17. The quantitative estimate of drug-likeness (QED) is 0.265. The first kappa shape index (κ1) is 31.3. The standard InChI is InChI=1S/C31H51N3O5/c1-9-16-32(17-10-2)26(36)23-24-27(37)33(19-14-12-13-15-20-35)25(28(38)34(18-11-3)29(5,6)7)31(24)21-22(4)30(23,8)39-31/h9,11,22-25,35H,1,3,10,12-21H2,2,4-8H3/t22?,23-,24+,25?,30+,31?/m1/s1. The van der Waals surface area contributed by atoms with Gasteiger partial charge in [-0.2, -0.15) is 0 Å². The summed E-state index contributed by atoms with van der Waals surface area (Å²) in [5.41, 5.74) is -2.37. The predicted octanol–water partition coefficient (Wildman–Crippen LogP) is 3.79. The zero-order valence-electron chi connectivity index (χ0n) is 25.1. The molecule has 1 N–H and O–H groups in total. The van der Waals surface area contributed by atoms with Crippen LogP contribution in [-0.4, -0.2) is 93.1 Å². The molecular formula is C31H51N3O5. The van der Waals surface area contributed by atoms with Crippen LogP contribution in [-0.2, 0) is 19.1 Å². The first-order valence-corrected chi connectivity index (χ1v) is 14.8. The lowest BCUT2D eigenvalue weighted by Crippen LogP contribution is -2.60. The lowest BCUT2D eigenvalue weighted by Gasteiger charge is -2.42. The molecule has 0 aromatic rings. The predicted molar refractivity (Wildman–Crippen MR) is 153 cm³/mol. The molecular weight excluding hydrogens is 494 g/mol. The Balaban J connectivity index is 2.09. The largest absolute Gasteiger partial charge is 0.396 e. The van der Waals surface area contributed by atoms with Gasteiger partial charge in [0, 0.05) is 38.3 Å². The van der Waals surface area contributed by atoms with E-state index >= 15 is 0 Å². The second kappa shape index (κ2) is 12.1. The summed E-state index contributed by atoms with van der Waals surface area (Å²) >= 11 is 0. The number of carbonyl (C=O) groups is 3. The van der Waals surface area contributed by atoms with Crippen LogP contribution in [0.25, 0.3) is 0 Å². The molecule has 1 spiro atoms. The maximum absolute atomic E-state index is 14.5. The van der Waals surface area contributed by atoms with Crippen LogP contribution < -0.4 is 0 Å². The molecule has 3 rings (SSSR count). The maximum atomic E-state index is 14.5. The molecule has 6 atom stereocenters. The van der Waals surface area contributed by atoms with Gasteiger partial charge in [0.25, 0.3) is 0 Å². The molecule has 3 aliphatic heterocycles. The summed E-state index contributed by atoms with van der Waals surface area (Å²) < 4.78 is 6.90. The molecule has 3 saturated heterocycles. The fourth-order valence-corrected chi connectivity index (χ4v) is 7.27. The summed E-state index contributed by atoms with van der Waals surface area (Å²) in [6.45, 7) is 21.7. The third-order valence-corrected chi connectivity index (χ3v) is 9.16. The van der Waals surface area contributed by atoms with Gasteiger partial charge in [0.1, 0.15) is 11.6 Å². The molecule has 8 nitrogen and oxygen atoms in total. The SMILES string of the molecule is C=CCN(CCC)C(=O)[C@H]1[C@H]2C(=O)N(CCCCCCO)C(C(=O)N(CC=C)C(C)(C)C)C23CC(C)[C@]1(C)O3. The van der Waals surface area contributed by atoms with Crippen molar-refractivity contribution < 1.29 is 24.2 Å². The van der Waals surface area contributed by atoms with Gasteiger partial charge >= 0.3 is 0 Å². The van der Waals surface area contributed by atoms with E-state index in [4.69, 9.17) is 4.74 Å². The number of nitrogens with zero attached hydrogens (tertiary/aromatic N) is 3. The minimum atomic E-state index is -1.05. The van der Waals surface area contributed by atoms with Gasteiger partial charge in [0.2, 0.25) is 17.7 Å². The summed E-state index contributed by atoms with van der Waals surface area (Å²) in [6, 6.07) is -0.798. The zero-order chi connectivity index (χ0) is 29.2. The number of likely N-dealkylation sites (tertiary alicyclic amines) is 1. The van der Waals surface area contributed by atoms with Gasteiger partial charge in [-0.3, -0.25) is 14.4 Å². The van der Waals surface area contributed by atoms with E-state index in [0.29, 0.717) is 39.0 Å². The third-order valence-electron chi connectivity index (χ3n) is 9.16. The molecule has 0 saturated carbocycles. The summed E-state index contributed by atoms with van der Waals surface area (Å²) in [6.07, 6.45) is 7.94. The molecule has 3 amide bonds. The second-order valence-corrected chi connectivity index (χ2v) is 12.9. The lowest BCUT2D eigenvalue weighted by atomic mass is 9.62. The minimum Gasteiger partial charge on any atom is -0.396 e. The monoisotopic (exact) mass is 545 g/mol. The van der Waals surface area contributed by atoms with Crippen molar-refractivity contribution in [1.82, 2.24) is 14.7 Å². The fourth-order valence-electron chi connectivity index (χ4n) is 7.27. The second-order valence-electron chi connectivity index (χ2n) is 12.9. The van der Waals surface area contributed by atoms with Crippen LogP contribution in [0.15, 0.2) is 25.3 Å². The molecule has 8 heteroatoms. The molecule has 3 aliphatic rings. The highest BCUT2D eigenvalue weighted by atomic mass is 16.5. The van der Waals surface area contributed by atoms with E-state index in [1.165, 1.54) is 0 Å². The van der Waals surface area contributed by atoms with Gasteiger partial charge < -0.3 is 24.5 Å². The van der Waals surface area contributed by atoms with E-state index in [9.17, 15) is 19.5 Å². The Bertz CT molecular complexity index is 945. The number of ether oxygens (including phenoxy) is 1. The highest BCUT2D eigenvalue weighted by Crippen LogP contribution is 2.65. The van der Waals surface area contributed by atoms with Crippen LogP contribution in [0.2, 0.25) is 0 Å². The van der Waals surface area contributed by atoms with Crippen molar-refractivity contribution in [2.24, 2.45) is 17.8 Å². The van der Waals surface area contributed by atoms with Crippen LogP contribution in [0.5, 0.6) is 0 Å². The Hall–Kier alpha value is -2.19. The van der Waals surface area contributed by atoms with Crippen LogP contribution in [0.4, 0.5) is 0 Å². The smallest absolute Gasteiger partial charge is 0.249 e. The molecule has 0 radical (unpaired) electrons. The molecule has 220 valence electrons. The zero-order valence-corrected chi connectivity index (χ0v) is 25.1. The molecule has 3 unspecified atom stereocenters. The molecule has 0 aromatic carbocycles. The summed E-state index contributed by atoms with van der Waals surface area (Å²) in [7, 11) is 0. The van der Waals surface area contributed by atoms with Gasteiger partial charge in [-0.05, 0) is 59.3 Å². The molecule has 2 bridgehead atoms. The van der Waals surface area contributed by atoms with Crippen molar-refractivity contribution in [1.29, 1.82) is 0 Å². The topological polar surface area (TPSA) is 90.4 Å².